The molecule has 2 atom stereocenters. The van der Waals surface area contributed by atoms with Crippen LogP contribution in [0.25, 0.3) is 0 Å². The van der Waals surface area contributed by atoms with Crippen molar-refractivity contribution >= 4 is 5.91 Å². The Hall–Kier alpha value is -1.40. The smallest absolute Gasteiger partial charge is 0.271 e. The molecule has 6 heteroatoms. The molecule has 1 aliphatic carbocycles. The normalized spacial score (nSPS) is 23.2. The molecule has 0 aliphatic heterocycles. The second kappa shape index (κ2) is 5.97. The summed E-state index contributed by atoms with van der Waals surface area (Å²) in [5, 5.41) is 2.99. The molecule has 0 aromatic carbocycles. The van der Waals surface area contributed by atoms with E-state index in [1.165, 1.54) is 0 Å². The number of hydrogen-bond acceptors (Lipinski definition) is 4. The number of carbonyl (C=O) groups is 1. The van der Waals surface area contributed by atoms with Gasteiger partial charge in [-0.15, -0.1) is 0 Å². The zero-order valence-corrected chi connectivity index (χ0v) is 10.6. The molecule has 0 radical (unpaired) electrons. The van der Waals surface area contributed by atoms with E-state index >= 15 is 0 Å². The lowest BCUT2D eigenvalue weighted by Gasteiger charge is -2.11. The minimum atomic E-state index is -0.118. The number of rotatable bonds is 5. The molecule has 0 spiro atoms. The molecular formula is C12H20N4O2. The maximum absolute atomic E-state index is 12.0. The van der Waals surface area contributed by atoms with Crippen molar-refractivity contribution in [3.8, 4) is 0 Å². The highest BCUT2D eigenvalue weighted by Gasteiger charge is 2.26. The Balaban J connectivity index is 1.87. The Kier molecular flexibility index (Phi) is 4.33. The maximum atomic E-state index is 12.0. The highest BCUT2D eigenvalue weighted by Crippen LogP contribution is 2.21. The van der Waals surface area contributed by atoms with E-state index in [1.54, 1.807) is 19.6 Å². The lowest BCUT2D eigenvalue weighted by molar-refractivity contribution is 0.0911. The lowest BCUT2D eigenvalue weighted by atomic mass is 10.2. The summed E-state index contributed by atoms with van der Waals surface area (Å²) < 4.78 is 7.10. The van der Waals surface area contributed by atoms with Gasteiger partial charge in [0.1, 0.15) is 5.69 Å². The van der Waals surface area contributed by atoms with Crippen molar-refractivity contribution in [2.24, 2.45) is 5.73 Å². The summed E-state index contributed by atoms with van der Waals surface area (Å²) in [6, 6.07) is 0.196. The molecule has 1 heterocycles. The van der Waals surface area contributed by atoms with Gasteiger partial charge in [0, 0.05) is 32.4 Å². The number of ether oxygens (including phenoxy) is 1. The van der Waals surface area contributed by atoms with E-state index in [9.17, 15) is 4.79 Å². The monoisotopic (exact) mass is 252 g/mol. The Labute approximate surface area is 107 Å². The third-order valence-corrected chi connectivity index (χ3v) is 3.31. The molecule has 1 aromatic rings. The van der Waals surface area contributed by atoms with Crippen LogP contribution in [0, 0.1) is 0 Å². The molecule has 1 amide bonds. The molecule has 1 aromatic heterocycles. The second-order valence-corrected chi connectivity index (χ2v) is 4.63. The molecule has 1 fully saturated rings. The van der Waals surface area contributed by atoms with Crippen LogP contribution in [-0.2, 0) is 11.3 Å². The van der Waals surface area contributed by atoms with Crippen LogP contribution in [0.5, 0.6) is 0 Å². The molecule has 0 bridgehead atoms. The largest absolute Gasteiger partial charge is 0.381 e. The van der Waals surface area contributed by atoms with E-state index in [4.69, 9.17) is 10.5 Å². The fourth-order valence-electron chi connectivity index (χ4n) is 2.29. The number of nitrogens with two attached hydrogens (primary N) is 1. The van der Waals surface area contributed by atoms with Gasteiger partial charge in [0.25, 0.3) is 5.91 Å². The molecule has 1 saturated carbocycles. The Morgan fingerprint density at radius 3 is 3.17 bits per heavy atom. The topological polar surface area (TPSA) is 82.2 Å². The van der Waals surface area contributed by atoms with Gasteiger partial charge in [-0.3, -0.25) is 4.79 Å². The van der Waals surface area contributed by atoms with E-state index in [2.05, 4.69) is 10.3 Å². The number of imidazole rings is 1. The van der Waals surface area contributed by atoms with Gasteiger partial charge >= 0.3 is 0 Å². The number of methoxy groups -OCH3 is 1. The minimum absolute atomic E-state index is 0.118. The predicted molar refractivity (Wildman–Crippen MR) is 67.2 cm³/mol. The summed E-state index contributed by atoms with van der Waals surface area (Å²) in [5.41, 5.74) is 5.89. The van der Waals surface area contributed by atoms with E-state index in [0.29, 0.717) is 18.8 Å². The summed E-state index contributed by atoms with van der Waals surface area (Å²) >= 11 is 0. The standard InChI is InChI=1S/C12H20N4O2/c1-18-10-3-2-9(6-10)15-12(17)11-7-16(5-4-13)8-14-11/h7-10H,2-6,13H2,1H3,(H,15,17). The molecule has 3 N–H and O–H groups in total. The Morgan fingerprint density at radius 1 is 1.67 bits per heavy atom. The van der Waals surface area contributed by atoms with Crippen molar-refractivity contribution in [2.45, 2.75) is 38.0 Å². The Morgan fingerprint density at radius 2 is 2.50 bits per heavy atom. The van der Waals surface area contributed by atoms with E-state index in [0.717, 1.165) is 19.3 Å². The zero-order chi connectivity index (χ0) is 13.0. The third-order valence-electron chi connectivity index (χ3n) is 3.31. The molecule has 2 rings (SSSR count). The van der Waals surface area contributed by atoms with Gasteiger partial charge in [-0.2, -0.15) is 0 Å². The van der Waals surface area contributed by atoms with Gasteiger partial charge in [-0.05, 0) is 19.3 Å². The first-order valence-corrected chi connectivity index (χ1v) is 6.28. The quantitative estimate of drug-likeness (QED) is 0.781. The van der Waals surface area contributed by atoms with Crippen LogP contribution in [0.1, 0.15) is 29.8 Å². The highest BCUT2D eigenvalue weighted by atomic mass is 16.5. The highest BCUT2D eigenvalue weighted by molar-refractivity contribution is 5.92. The van der Waals surface area contributed by atoms with Gasteiger partial charge in [-0.25, -0.2) is 4.98 Å². The molecule has 0 saturated heterocycles. The van der Waals surface area contributed by atoms with Gasteiger partial charge in [0.2, 0.25) is 0 Å². The van der Waals surface area contributed by atoms with Crippen molar-refractivity contribution in [1.29, 1.82) is 0 Å². The average Bonchev–Trinajstić information content (AvgIpc) is 2.98. The molecular weight excluding hydrogens is 232 g/mol. The molecule has 1 aliphatic rings. The van der Waals surface area contributed by atoms with Crippen molar-refractivity contribution in [3.05, 3.63) is 18.2 Å². The number of nitrogens with one attached hydrogen (secondary N) is 1. The fraction of sp³-hybridized carbons (Fsp3) is 0.667. The SMILES string of the molecule is COC1CCC(NC(=O)c2cn(CCN)cn2)C1. The molecule has 18 heavy (non-hydrogen) atoms. The van der Waals surface area contributed by atoms with E-state index in [1.807, 2.05) is 4.57 Å². The third kappa shape index (κ3) is 3.08. The zero-order valence-electron chi connectivity index (χ0n) is 10.6. The number of carbonyl (C=O) groups excluding carboxylic acids is 1. The summed E-state index contributed by atoms with van der Waals surface area (Å²) in [5.74, 6) is -0.118. The van der Waals surface area contributed by atoms with Crippen molar-refractivity contribution in [2.75, 3.05) is 13.7 Å². The van der Waals surface area contributed by atoms with Gasteiger partial charge in [0.05, 0.1) is 12.4 Å². The fourth-order valence-corrected chi connectivity index (χ4v) is 2.29. The molecule has 100 valence electrons. The lowest BCUT2D eigenvalue weighted by Crippen LogP contribution is -2.33. The first-order chi connectivity index (χ1) is 8.72. The summed E-state index contributed by atoms with van der Waals surface area (Å²) in [6.07, 6.45) is 6.48. The second-order valence-electron chi connectivity index (χ2n) is 4.63. The average molecular weight is 252 g/mol. The van der Waals surface area contributed by atoms with Crippen LogP contribution in [0.4, 0.5) is 0 Å². The maximum Gasteiger partial charge on any atom is 0.271 e. The van der Waals surface area contributed by atoms with Crippen LogP contribution in [-0.4, -0.2) is 41.3 Å². The first-order valence-electron chi connectivity index (χ1n) is 6.28. The van der Waals surface area contributed by atoms with E-state index in [-0.39, 0.29) is 18.1 Å². The van der Waals surface area contributed by atoms with Crippen LogP contribution in [0.3, 0.4) is 0 Å². The summed E-state index contributed by atoms with van der Waals surface area (Å²) in [4.78, 5) is 16.0. The number of nitrogens with zero attached hydrogens (tertiary/aromatic N) is 2. The number of amides is 1. The van der Waals surface area contributed by atoms with E-state index < -0.39 is 0 Å². The van der Waals surface area contributed by atoms with Gasteiger partial charge in [0.15, 0.2) is 0 Å². The first kappa shape index (κ1) is 13.0. The van der Waals surface area contributed by atoms with Crippen LogP contribution < -0.4 is 11.1 Å². The number of aromatic nitrogens is 2. The molecule has 2 unspecified atom stereocenters. The predicted octanol–water partition coefficient (Wildman–Crippen LogP) is 0.139. The van der Waals surface area contributed by atoms with Gasteiger partial charge < -0.3 is 20.4 Å². The van der Waals surface area contributed by atoms with Gasteiger partial charge in [-0.1, -0.05) is 0 Å². The van der Waals surface area contributed by atoms with Crippen molar-refractivity contribution in [1.82, 2.24) is 14.9 Å². The number of hydrogen-bond donors (Lipinski definition) is 2. The van der Waals surface area contributed by atoms with Crippen molar-refractivity contribution in [3.63, 3.8) is 0 Å². The van der Waals surface area contributed by atoms with Crippen LogP contribution >= 0.6 is 0 Å². The summed E-state index contributed by atoms with van der Waals surface area (Å²) in [6.45, 7) is 1.21. The molecule has 6 nitrogen and oxygen atoms in total. The minimum Gasteiger partial charge on any atom is -0.381 e. The van der Waals surface area contributed by atoms with Crippen molar-refractivity contribution < 1.29 is 9.53 Å². The van der Waals surface area contributed by atoms with Crippen LogP contribution in [0.15, 0.2) is 12.5 Å². The Bertz CT molecular complexity index is 405. The summed E-state index contributed by atoms with van der Waals surface area (Å²) in [7, 11) is 1.71. The van der Waals surface area contributed by atoms with Crippen LogP contribution in [0.2, 0.25) is 0 Å².